The highest BCUT2D eigenvalue weighted by Crippen LogP contribution is 2.25. The summed E-state index contributed by atoms with van der Waals surface area (Å²) in [5, 5.41) is 10.9. The zero-order valence-electron chi connectivity index (χ0n) is 16.6. The first-order valence-electron chi connectivity index (χ1n) is 9.89. The quantitative estimate of drug-likeness (QED) is 0.478. The smallest absolute Gasteiger partial charge is 0.191 e. The van der Waals surface area contributed by atoms with Gasteiger partial charge < -0.3 is 15.4 Å². The average Bonchev–Trinajstić information content (AvgIpc) is 3.42. The van der Waals surface area contributed by atoms with Crippen molar-refractivity contribution in [1.29, 1.82) is 0 Å². The van der Waals surface area contributed by atoms with E-state index in [1.807, 2.05) is 4.68 Å². The lowest BCUT2D eigenvalue weighted by molar-refractivity contribution is 0.357. The molecular formula is C22H26N6O. The molecule has 2 N–H and O–H groups in total. The summed E-state index contributed by atoms with van der Waals surface area (Å²) in [6.45, 7) is 3.05. The Kier molecular flexibility index (Phi) is 6.04. The molecule has 0 radical (unpaired) electrons. The van der Waals surface area contributed by atoms with E-state index >= 15 is 0 Å². The van der Waals surface area contributed by atoms with Gasteiger partial charge in [-0.05, 0) is 34.7 Å². The van der Waals surface area contributed by atoms with Crippen molar-refractivity contribution < 1.29 is 4.74 Å². The van der Waals surface area contributed by atoms with Crippen molar-refractivity contribution in [2.45, 2.75) is 25.9 Å². The van der Waals surface area contributed by atoms with Crippen LogP contribution in [0.3, 0.4) is 0 Å². The van der Waals surface area contributed by atoms with Crippen molar-refractivity contribution in [3.63, 3.8) is 0 Å². The number of aromatic nitrogens is 3. The first-order chi connectivity index (χ1) is 14.3. The molecule has 150 valence electrons. The molecule has 7 nitrogen and oxygen atoms in total. The van der Waals surface area contributed by atoms with Crippen molar-refractivity contribution in [1.82, 2.24) is 25.4 Å². The number of ether oxygens (including phenoxy) is 1. The molecule has 0 atom stereocenters. The molecule has 0 saturated carbocycles. The Hall–Kier alpha value is -3.35. The highest BCUT2D eigenvalue weighted by atomic mass is 16.5. The van der Waals surface area contributed by atoms with E-state index in [9.17, 15) is 0 Å². The second-order valence-corrected chi connectivity index (χ2v) is 7.06. The Morgan fingerprint density at radius 3 is 2.93 bits per heavy atom. The predicted molar refractivity (Wildman–Crippen MR) is 113 cm³/mol. The van der Waals surface area contributed by atoms with Gasteiger partial charge in [0.2, 0.25) is 0 Å². The van der Waals surface area contributed by atoms with Crippen LogP contribution in [0.15, 0.2) is 60.1 Å². The Morgan fingerprint density at radius 2 is 2.07 bits per heavy atom. The van der Waals surface area contributed by atoms with Crippen molar-refractivity contribution in [3.05, 3.63) is 77.4 Å². The topological polar surface area (TPSA) is 76.4 Å². The fourth-order valence-electron chi connectivity index (χ4n) is 3.47. The molecule has 4 rings (SSSR count). The van der Waals surface area contributed by atoms with Gasteiger partial charge in [-0.25, -0.2) is 9.67 Å². The molecular weight excluding hydrogens is 364 g/mol. The number of nitrogens with one attached hydrogen (secondary N) is 2. The molecule has 7 heteroatoms. The molecule has 0 unspecified atom stereocenters. The summed E-state index contributed by atoms with van der Waals surface area (Å²) in [6.07, 6.45) is 5.24. The van der Waals surface area contributed by atoms with Gasteiger partial charge in [-0.3, -0.25) is 4.99 Å². The molecule has 1 aromatic heterocycles. The van der Waals surface area contributed by atoms with Gasteiger partial charge in [0.25, 0.3) is 0 Å². The van der Waals surface area contributed by atoms with Crippen LogP contribution in [0.25, 0.3) is 0 Å². The maximum absolute atomic E-state index is 5.57. The van der Waals surface area contributed by atoms with Crippen LogP contribution in [0.5, 0.6) is 5.75 Å². The van der Waals surface area contributed by atoms with Gasteiger partial charge in [0, 0.05) is 26.6 Å². The van der Waals surface area contributed by atoms with Crippen LogP contribution in [0.1, 0.15) is 22.3 Å². The van der Waals surface area contributed by atoms with Gasteiger partial charge in [-0.1, -0.05) is 36.4 Å². The van der Waals surface area contributed by atoms with Gasteiger partial charge in [0.15, 0.2) is 5.96 Å². The number of fused-ring (bicyclic) bond motifs is 1. The van der Waals surface area contributed by atoms with Crippen LogP contribution >= 0.6 is 0 Å². The molecule has 0 saturated heterocycles. The maximum atomic E-state index is 5.57. The summed E-state index contributed by atoms with van der Waals surface area (Å²) in [6, 6.07) is 14.9. The van der Waals surface area contributed by atoms with E-state index < -0.39 is 0 Å². The van der Waals surface area contributed by atoms with Crippen LogP contribution in [0.4, 0.5) is 0 Å². The molecule has 3 aromatic rings. The number of nitrogens with zero attached hydrogens (tertiary/aromatic N) is 4. The van der Waals surface area contributed by atoms with Crippen LogP contribution < -0.4 is 15.4 Å². The first kappa shape index (κ1) is 19.0. The minimum absolute atomic E-state index is 0.709. The van der Waals surface area contributed by atoms with E-state index in [0.29, 0.717) is 13.1 Å². The third kappa shape index (κ3) is 5.13. The van der Waals surface area contributed by atoms with E-state index in [-0.39, 0.29) is 0 Å². The van der Waals surface area contributed by atoms with Crippen LogP contribution in [-0.4, -0.2) is 40.9 Å². The Morgan fingerprint density at radius 1 is 1.14 bits per heavy atom. The number of benzene rings is 2. The number of hydrogen-bond acceptors (Lipinski definition) is 4. The lowest BCUT2D eigenvalue weighted by Gasteiger charge is -2.13. The number of rotatable bonds is 7. The predicted octanol–water partition coefficient (Wildman–Crippen LogP) is 2.17. The first-order valence-corrected chi connectivity index (χ1v) is 9.89. The zero-order chi connectivity index (χ0) is 19.9. The third-order valence-corrected chi connectivity index (χ3v) is 4.95. The summed E-state index contributed by atoms with van der Waals surface area (Å²) < 4.78 is 7.39. The Balaban J connectivity index is 1.25. The number of guanidine groups is 1. The van der Waals surface area contributed by atoms with Crippen LogP contribution in [-0.2, 0) is 25.9 Å². The van der Waals surface area contributed by atoms with E-state index in [4.69, 9.17) is 4.74 Å². The van der Waals surface area contributed by atoms with Crippen molar-refractivity contribution in [2.24, 2.45) is 4.99 Å². The largest absolute Gasteiger partial charge is 0.493 e. The monoisotopic (exact) mass is 390 g/mol. The summed E-state index contributed by atoms with van der Waals surface area (Å²) in [7, 11) is 1.79. The summed E-state index contributed by atoms with van der Waals surface area (Å²) in [4.78, 5) is 8.32. The van der Waals surface area contributed by atoms with E-state index in [0.717, 1.165) is 37.7 Å². The van der Waals surface area contributed by atoms with Gasteiger partial charge in [0.05, 0.1) is 13.2 Å². The van der Waals surface area contributed by atoms with Crippen molar-refractivity contribution in [3.8, 4) is 5.75 Å². The van der Waals surface area contributed by atoms with Crippen molar-refractivity contribution >= 4 is 5.96 Å². The van der Waals surface area contributed by atoms with Crippen LogP contribution in [0.2, 0.25) is 0 Å². The SMILES string of the molecule is CN=C(NCCc1ccc2c(c1)CCO2)NCc1cccc(Cn2cncn2)c1. The molecule has 29 heavy (non-hydrogen) atoms. The lowest BCUT2D eigenvalue weighted by atomic mass is 10.1. The van der Waals surface area contributed by atoms with E-state index in [1.165, 1.54) is 22.3 Å². The molecule has 0 bridgehead atoms. The van der Waals surface area contributed by atoms with Gasteiger partial charge in [-0.15, -0.1) is 0 Å². The molecule has 1 aliphatic rings. The molecule has 0 amide bonds. The molecule has 0 spiro atoms. The van der Waals surface area contributed by atoms with Gasteiger partial charge in [0.1, 0.15) is 18.4 Å². The summed E-state index contributed by atoms with van der Waals surface area (Å²) in [5.41, 5.74) is 5.02. The Labute approximate surface area is 170 Å². The van der Waals surface area contributed by atoms with Crippen molar-refractivity contribution in [2.75, 3.05) is 20.2 Å². The third-order valence-electron chi connectivity index (χ3n) is 4.95. The summed E-state index contributed by atoms with van der Waals surface area (Å²) >= 11 is 0. The van der Waals surface area contributed by atoms with E-state index in [2.05, 4.69) is 68.2 Å². The highest BCUT2D eigenvalue weighted by Gasteiger charge is 2.11. The Bertz CT molecular complexity index is 967. The maximum Gasteiger partial charge on any atom is 0.191 e. The van der Waals surface area contributed by atoms with Gasteiger partial charge >= 0.3 is 0 Å². The van der Waals surface area contributed by atoms with E-state index in [1.54, 1.807) is 19.7 Å². The molecule has 2 heterocycles. The molecule has 0 aliphatic carbocycles. The van der Waals surface area contributed by atoms with Crippen LogP contribution in [0, 0.1) is 0 Å². The highest BCUT2D eigenvalue weighted by molar-refractivity contribution is 5.79. The number of aliphatic imine (C=N–C) groups is 1. The normalized spacial score (nSPS) is 13.1. The van der Waals surface area contributed by atoms with Gasteiger partial charge in [-0.2, -0.15) is 5.10 Å². The summed E-state index contributed by atoms with van der Waals surface area (Å²) in [5.74, 6) is 1.83. The zero-order valence-corrected chi connectivity index (χ0v) is 16.6. The lowest BCUT2D eigenvalue weighted by Crippen LogP contribution is -2.37. The molecule has 1 aliphatic heterocycles. The minimum atomic E-state index is 0.709. The number of hydrogen-bond donors (Lipinski definition) is 2. The molecule has 0 fully saturated rings. The fraction of sp³-hybridized carbons (Fsp3) is 0.318. The second-order valence-electron chi connectivity index (χ2n) is 7.06. The molecule has 2 aromatic carbocycles. The minimum Gasteiger partial charge on any atom is -0.493 e. The standard InChI is InChI=1S/C22H26N6O/c1-23-22(25-9-7-17-5-6-21-20(12-17)8-10-29-21)26-13-18-3-2-4-19(11-18)14-28-16-24-15-27-28/h2-6,11-12,15-16H,7-10,13-14H2,1H3,(H2,23,25,26). The second kappa shape index (κ2) is 9.23. The average molecular weight is 390 g/mol. The fourth-order valence-corrected chi connectivity index (χ4v) is 3.47.